The third-order valence-corrected chi connectivity index (χ3v) is 3.82. The number of thiophene rings is 1. The Labute approximate surface area is 128 Å². The van der Waals surface area contributed by atoms with Gasteiger partial charge in [0, 0.05) is 23.9 Å². The van der Waals surface area contributed by atoms with Crippen molar-refractivity contribution in [2.24, 2.45) is 0 Å². The van der Waals surface area contributed by atoms with Crippen LogP contribution in [0.5, 0.6) is 0 Å². The predicted octanol–water partition coefficient (Wildman–Crippen LogP) is 2.72. The number of carbonyl (C=O) groups is 1. The first-order chi connectivity index (χ1) is 10.2. The molecule has 6 heteroatoms. The molecule has 2 N–H and O–H groups in total. The zero-order chi connectivity index (χ0) is 15.1. The van der Waals surface area contributed by atoms with E-state index in [0.717, 1.165) is 19.4 Å². The molecule has 0 aromatic carbocycles. The number of amides is 1. The molecule has 2 rings (SSSR count). The molecule has 0 aliphatic heterocycles. The molecule has 5 nitrogen and oxygen atoms in total. The molecular formula is C15H20N4OS. The fourth-order valence-corrected chi connectivity index (χ4v) is 2.72. The van der Waals surface area contributed by atoms with Crippen LogP contribution in [0.1, 0.15) is 35.6 Å². The Bertz CT molecular complexity index is 554. The van der Waals surface area contributed by atoms with E-state index in [2.05, 4.69) is 33.8 Å². The Morgan fingerprint density at radius 2 is 2.19 bits per heavy atom. The SMILES string of the molecule is CCCNc1ccc(C(=O)NC(C)Cc2cccs2)nn1. The number of rotatable bonds is 7. The second kappa shape index (κ2) is 7.73. The molecule has 0 fully saturated rings. The third-order valence-electron chi connectivity index (χ3n) is 2.92. The highest BCUT2D eigenvalue weighted by Crippen LogP contribution is 2.11. The maximum Gasteiger partial charge on any atom is 0.272 e. The molecule has 1 unspecified atom stereocenters. The summed E-state index contributed by atoms with van der Waals surface area (Å²) >= 11 is 1.70. The monoisotopic (exact) mass is 304 g/mol. The summed E-state index contributed by atoms with van der Waals surface area (Å²) in [6.45, 7) is 4.91. The summed E-state index contributed by atoms with van der Waals surface area (Å²) in [6.07, 6.45) is 1.84. The van der Waals surface area contributed by atoms with Gasteiger partial charge < -0.3 is 10.6 Å². The zero-order valence-electron chi connectivity index (χ0n) is 12.3. The standard InChI is InChI=1S/C15H20N4OS/c1-3-8-16-14-7-6-13(18-19-14)15(20)17-11(2)10-12-5-4-9-21-12/h4-7,9,11H,3,8,10H2,1-2H3,(H,16,19)(H,17,20). The van der Waals surface area contributed by atoms with Gasteiger partial charge in [0.2, 0.25) is 0 Å². The molecule has 2 aromatic rings. The van der Waals surface area contributed by atoms with Gasteiger partial charge in [0.05, 0.1) is 0 Å². The Balaban J connectivity index is 1.87. The van der Waals surface area contributed by atoms with Gasteiger partial charge in [-0.25, -0.2) is 0 Å². The summed E-state index contributed by atoms with van der Waals surface area (Å²) in [4.78, 5) is 13.3. The number of carbonyl (C=O) groups excluding carboxylic acids is 1. The maximum absolute atomic E-state index is 12.1. The van der Waals surface area contributed by atoms with Crippen LogP contribution in [0.3, 0.4) is 0 Å². The number of nitrogens with zero attached hydrogens (tertiary/aromatic N) is 2. The van der Waals surface area contributed by atoms with Crippen LogP contribution in [-0.2, 0) is 6.42 Å². The lowest BCUT2D eigenvalue weighted by Gasteiger charge is -2.12. The van der Waals surface area contributed by atoms with Crippen molar-refractivity contribution < 1.29 is 4.79 Å². The third kappa shape index (κ3) is 4.82. The van der Waals surface area contributed by atoms with E-state index in [1.807, 2.05) is 18.4 Å². The van der Waals surface area contributed by atoms with E-state index in [1.54, 1.807) is 23.5 Å². The predicted molar refractivity (Wildman–Crippen MR) is 85.8 cm³/mol. The van der Waals surface area contributed by atoms with Gasteiger partial charge in [0.1, 0.15) is 5.82 Å². The van der Waals surface area contributed by atoms with Gasteiger partial charge in [0.15, 0.2) is 5.69 Å². The minimum atomic E-state index is -0.186. The van der Waals surface area contributed by atoms with Gasteiger partial charge in [-0.1, -0.05) is 13.0 Å². The minimum absolute atomic E-state index is 0.0656. The van der Waals surface area contributed by atoms with Crippen LogP contribution in [0.4, 0.5) is 5.82 Å². The quantitative estimate of drug-likeness (QED) is 0.825. The smallest absolute Gasteiger partial charge is 0.272 e. The highest BCUT2D eigenvalue weighted by atomic mass is 32.1. The summed E-state index contributed by atoms with van der Waals surface area (Å²) in [5.41, 5.74) is 0.343. The Morgan fingerprint density at radius 3 is 2.81 bits per heavy atom. The summed E-state index contributed by atoms with van der Waals surface area (Å²) < 4.78 is 0. The van der Waals surface area contributed by atoms with Crippen molar-refractivity contribution in [2.75, 3.05) is 11.9 Å². The molecule has 1 atom stereocenters. The van der Waals surface area contributed by atoms with Crippen LogP contribution in [0.25, 0.3) is 0 Å². The molecule has 0 aliphatic carbocycles. The maximum atomic E-state index is 12.1. The van der Waals surface area contributed by atoms with Crippen molar-refractivity contribution in [3.8, 4) is 0 Å². The van der Waals surface area contributed by atoms with E-state index in [4.69, 9.17) is 0 Å². The topological polar surface area (TPSA) is 66.9 Å². The van der Waals surface area contributed by atoms with Gasteiger partial charge in [-0.15, -0.1) is 21.5 Å². The van der Waals surface area contributed by atoms with Crippen LogP contribution < -0.4 is 10.6 Å². The second-order valence-corrected chi connectivity index (χ2v) is 5.92. The van der Waals surface area contributed by atoms with Gasteiger partial charge in [-0.05, 0) is 36.9 Å². The van der Waals surface area contributed by atoms with Crippen LogP contribution in [0.15, 0.2) is 29.6 Å². The average molecular weight is 304 g/mol. The zero-order valence-corrected chi connectivity index (χ0v) is 13.1. The van der Waals surface area contributed by atoms with Crippen molar-refractivity contribution in [1.29, 1.82) is 0 Å². The molecule has 0 radical (unpaired) electrons. The molecule has 0 aliphatic rings. The number of anilines is 1. The largest absolute Gasteiger partial charge is 0.369 e. The summed E-state index contributed by atoms with van der Waals surface area (Å²) in [5.74, 6) is 0.508. The van der Waals surface area contributed by atoms with E-state index in [1.165, 1.54) is 4.88 Å². The Hall–Kier alpha value is -1.95. The summed E-state index contributed by atoms with van der Waals surface area (Å²) in [5, 5.41) is 16.1. The number of hydrogen-bond acceptors (Lipinski definition) is 5. The first kappa shape index (κ1) is 15.4. The lowest BCUT2D eigenvalue weighted by molar-refractivity contribution is 0.0934. The van der Waals surface area contributed by atoms with Crippen molar-refractivity contribution in [3.63, 3.8) is 0 Å². The van der Waals surface area contributed by atoms with Crippen LogP contribution >= 0.6 is 11.3 Å². The summed E-state index contributed by atoms with van der Waals surface area (Å²) in [6, 6.07) is 7.62. The fourth-order valence-electron chi connectivity index (χ4n) is 1.88. The van der Waals surface area contributed by atoms with Crippen molar-refractivity contribution in [2.45, 2.75) is 32.7 Å². The highest BCUT2D eigenvalue weighted by molar-refractivity contribution is 7.09. The lowest BCUT2D eigenvalue weighted by Crippen LogP contribution is -2.34. The van der Waals surface area contributed by atoms with E-state index in [-0.39, 0.29) is 11.9 Å². The number of hydrogen-bond donors (Lipinski definition) is 2. The first-order valence-electron chi connectivity index (χ1n) is 7.10. The van der Waals surface area contributed by atoms with Crippen molar-refractivity contribution >= 4 is 23.1 Å². The molecule has 112 valence electrons. The van der Waals surface area contributed by atoms with Gasteiger partial charge in [-0.3, -0.25) is 4.79 Å². The molecule has 1 amide bonds. The second-order valence-electron chi connectivity index (χ2n) is 4.89. The van der Waals surface area contributed by atoms with Crippen LogP contribution in [0.2, 0.25) is 0 Å². The summed E-state index contributed by atoms with van der Waals surface area (Å²) in [7, 11) is 0. The van der Waals surface area contributed by atoms with E-state index in [9.17, 15) is 4.79 Å². The molecule has 0 bridgehead atoms. The Morgan fingerprint density at radius 1 is 1.33 bits per heavy atom. The highest BCUT2D eigenvalue weighted by Gasteiger charge is 2.12. The van der Waals surface area contributed by atoms with E-state index < -0.39 is 0 Å². The van der Waals surface area contributed by atoms with Gasteiger partial charge in [0.25, 0.3) is 5.91 Å². The first-order valence-corrected chi connectivity index (χ1v) is 7.98. The van der Waals surface area contributed by atoms with Crippen molar-refractivity contribution in [3.05, 3.63) is 40.2 Å². The lowest BCUT2D eigenvalue weighted by atomic mass is 10.2. The Kier molecular flexibility index (Phi) is 5.68. The van der Waals surface area contributed by atoms with Crippen molar-refractivity contribution in [1.82, 2.24) is 15.5 Å². The molecule has 0 saturated heterocycles. The normalized spacial score (nSPS) is 11.9. The van der Waals surface area contributed by atoms with E-state index >= 15 is 0 Å². The van der Waals surface area contributed by atoms with Crippen LogP contribution in [-0.4, -0.2) is 28.7 Å². The minimum Gasteiger partial charge on any atom is -0.369 e. The van der Waals surface area contributed by atoms with E-state index in [0.29, 0.717) is 11.5 Å². The number of aromatic nitrogens is 2. The molecule has 21 heavy (non-hydrogen) atoms. The molecule has 2 heterocycles. The van der Waals surface area contributed by atoms with Gasteiger partial charge in [-0.2, -0.15) is 0 Å². The van der Waals surface area contributed by atoms with Crippen LogP contribution in [0, 0.1) is 0 Å². The van der Waals surface area contributed by atoms with Gasteiger partial charge >= 0.3 is 0 Å². The molecule has 2 aromatic heterocycles. The average Bonchev–Trinajstić information content (AvgIpc) is 2.98. The number of nitrogens with one attached hydrogen (secondary N) is 2. The molecule has 0 saturated carbocycles. The fraction of sp³-hybridized carbons (Fsp3) is 0.400. The molecule has 0 spiro atoms. The molecular weight excluding hydrogens is 284 g/mol.